The minimum Gasteiger partial charge on any atom is -0.339 e. The van der Waals surface area contributed by atoms with Gasteiger partial charge in [-0.3, -0.25) is 19.4 Å². The molecule has 0 saturated carbocycles. The highest BCUT2D eigenvalue weighted by atomic mass is 16.2. The van der Waals surface area contributed by atoms with Crippen molar-refractivity contribution in [2.45, 2.75) is 13.0 Å². The molecule has 1 aliphatic rings. The summed E-state index contributed by atoms with van der Waals surface area (Å²) in [7, 11) is 1.79. The van der Waals surface area contributed by atoms with Gasteiger partial charge in [0, 0.05) is 32.4 Å². The number of nitrogens with zero attached hydrogens (tertiary/aromatic N) is 4. The number of likely N-dealkylation sites (N-methyl/N-ethyl adjacent to an activating group) is 1. The Labute approximate surface area is 207 Å². The van der Waals surface area contributed by atoms with E-state index in [2.05, 4.69) is 63.7 Å². The molecule has 0 radical (unpaired) electrons. The van der Waals surface area contributed by atoms with Crippen LogP contribution in [0.3, 0.4) is 0 Å². The van der Waals surface area contributed by atoms with Crippen molar-refractivity contribution in [3.8, 4) is 0 Å². The highest BCUT2D eigenvalue weighted by Crippen LogP contribution is 2.29. The third-order valence-electron chi connectivity index (χ3n) is 6.26. The first-order valence-corrected chi connectivity index (χ1v) is 12.0. The van der Waals surface area contributed by atoms with E-state index in [4.69, 9.17) is 0 Å². The summed E-state index contributed by atoms with van der Waals surface area (Å²) in [5.41, 5.74) is 3.55. The highest BCUT2D eigenvalue weighted by Gasteiger charge is 2.28. The normalized spacial score (nSPS) is 14.3. The van der Waals surface area contributed by atoms with Gasteiger partial charge in [0.2, 0.25) is 11.8 Å². The molecule has 7 nitrogen and oxygen atoms in total. The number of aryl methyl sites for hydroxylation is 1. The van der Waals surface area contributed by atoms with Crippen molar-refractivity contribution in [1.29, 1.82) is 0 Å². The molecule has 1 fully saturated rings. The molecule has 7 heteroatoms. The summed E-state index contributed by atoms with van der Waals surface area (Å²) in [6, 6.07) is 24.9. The predicted molar refractivity (Wildman–Crippen MR) is 138 cm³/mol. The first-order valence-electron chi connectivity index (χ1n) is 12.0. The molecule has 3 aromatic rings. The van der Waals surface area contributed by atoms with Gasteiger partial charge in [0.1, 0.15) is 5.82 Å². The Hall–Kier alpha value is -3.55. The zero-order valence-electron chi connectivity index (χ0n) is 20.4. The second-order valence-electron chi connectivity index (χ2n) is 9.08. The molecule has 1 N–H and O–H groups in total. The lowest BCUT2D eigenvalue weighted by Crippen LogP contribution is -2.52. The average Bonchev–Trinajstić information content (AvgIpc) is 2.87. The maximum absolute atomic E-state index is 12.9. The van der Waals surface area contributed by atoms with Crippen LogP contribution in [-0.4, -0.2) is 77.8 Å². The zero-order chi connectivity index (χ0) is 24.6. The molecule has 2 heterocycles. The largest absolute Gasteiger partial charge is 0.339 e. The van der Waals surface area contributed by atoms with Crippen LogP contribution in [0.25, 0.3) is 0 Å². The van der Waals surface area contributed by atoms with Crippen LogP contribution in [0.4, 0.5) is 5.82 Å². The van der Waals surface area contributed by atoms with Crippen molar-refractivity contribution in [1.82, 2.24) is 19.7 Å². The number of aromatic nitrogens is 1. The number of pyridine rings is 1. The van der Waals surface area contributed by atoms with Crippen LogP contribution < -0.4 is 5.32 Å². The van der Waals surface area contributed by atoms with Crippen molar-refractivity contribution in [3.05, 3.63) is 95.7 Å². The lowest BCUT2D eigenvalue weighted by Gasteiger charge is -2.40. The Kier molecular flexibility index (Phi) is 8.23. The number of nitrogens with one attached hydrogen (secondary N) is 1. The quantitative estimate of drug-likeness (QED) is 0.547. The maximum Gasteiger partial charge on any atom is 0.239 e. The molecule has 0 aliphatic carbocycles. The molecule has 35 heavy (non-hydrogen) atoms. The van der Waals surface area contributed by atoms with Crippen molar-refractivity contribution >= 4 is 17.6 Å². The number of benzene rings is 2. The number of carbonyl (C=O) groups is 2. The summed E-state index contributed by atoms with van der Waals surface area (Å²) in [5, 5.41) is 2.78. The third kappa shape index (κ3) is 6.74. The van der Waals surface area contributed by atoms with E-state index in [1.165, 1.54) is 11.1 Å². The van der Waals surface area contributed by atoms with Crippen molar-refractivity contribution in [3.63, 3.8) is 0 Å². The minimum atomic E-state index is -0.185. The fourth-order valence-electron chi connectivity index (χ4n) is 4.47. The van der Waals surface area contributed by atoms with Gasteiger partial charge in [0.15, 0.2) is 0 Å². The first kappa shape index (κ1) is 24.6. The molecule has 0 atom stereocenters. The molecule has 182 valence electrons. The van der Waals surface area contributed by atoms with Crippen LogP contribution in [0.1, 0.15) is 22.7 Å². The SMILES string of the molecule is Cc1ccc(NC(=O)CN(C)CC(=O)N2CCN(C(c3ccccc3)c3ccccc3)CC2)nc1. The molecular formula is C28H33N5O2. The van der Waals surface area contributed by atoms with E-state index in [1.54, 1.807) is 24.2 Å². The van der Waals surface area contributed by atoms with Gasteiger partial charge in [-0.15, -0.1) is 0 Å². The second kappa shape index (κ2) is 11.7. The van der Waals surface area contributed by atoms with Gasteiger partial charge in [0.25, 0.3) is 0 Å². The average molecular weight is 472 g/mol. The van der Waals surface area contributed by atoms with Gasteiger partial charge >= 0.3 is 0 Å². The van der Waals surface area contributed by atoms with Crippen LogP contribution in [-0.2, 0) is 9.59 Å². The van der Waals surface area contributed by atoms with Gasteiger partial charge in [-0.05, 0) is 36.7 Å². The summed E-state index contributed by atoms with van der Waals surface area (Å²) in [5.74, 6) is 0.377. The number of piperazine rings is 1. The van der Waals surface area contributed by atoms with Crippen LogP contribution in [0.5, 0.6) is 0 Å². The Morgan fingerprint density at radius 2 is 1.49 bits per heavy atom. The summed E-state index contributed by atoms with van der Waals surface area (Å²) in [6.45, 7) is 5.21. The van der Waals surface area contributed by atoms with E-state index in [-0.39, 0.29) is 30.9 Å². The Bertz CT molecular complexity index is 1060. The summed E-state index contributed by atoms with van der Waals surface area (Å²) in [4.78, 5) is 35.5. The van der Waals surface area contributed by atoms with Crippen molar-refractivity contribution in [2.75, 3.05) is 51.6 Å². The highest BCUT2D eigenvalue weighted by molar-refractivity contribution is 5.91. The summed E-state index contributed by atoms with van der Waals surface area (Å²) >= 11 is 0. The van der Waals surface area contributed by atoms with Gasteiger partial charge in [-0.25, -0.2) is 4.98 Å². The lowest BCUT2D eigenvalue weighted by atomic mass is 9.96. The smallest absolute Gasteiger partial charge is 0.239 e. The van der Waals surface area contributed by atoms with E-state index in [1.807, 2.05) is 30.0 Å². The molecule has 0 spiro atoms. The van der Waals surface area contributed by atoms with Gasteiger partial charge in [-0.1, -0.05) is 66.7 Å². The number of carbonyl (C=O) groups excluding carboxylic acids is 2. The molecular weight excluding hydrogens is 438 g/mol. The number of hydrogen-bond acceptors (Lipinski definition) is 5. The van der Waals surface area contributed by atoms with Crippen LogP contribution in [0, 0.1) is 6.92 Å². The van der Waals surface area contributed by atoms with Gasteiger partial charge in [-0.2, -0.15) is 0 Å². The third-order valence-corrected chi connectivity index (χ3v) is 6.26. The van der Waals surface area contributed by atoms with Crippen LogP contribution in [0.2, 0.25) is 0 Å². The number of anilines is 1. The molecule has 2 aromatic carbocycles. The lowest BCUT2D eigenvalue weighted by molar-refractivity contribution is -0.134. The Morgan fingerprint density at radius 3 is 2.03 bits per heavy atom. The Morgan fingerprint density at radius 1 is 0.886 bits per heavy atom. The van der Waals surface area contributed by atoms with Gasteiger partial charge in [0.05, 0.1) is 19.1 Å². The summed E-state index contributed by atoms with van der Waals surface area (Å²) < 4.78 is 0. The minimum absolute atomic E-state index is 0.0457. The molecule has 1 saturated heterocycles. The van der Waals surface area contributed by atoms with E-state index >= 15 is 0 Å². The molecule has 1 aliphatic heterocycles. The first-order chi connectivity index (χ1) is 17.0. The fraction of sp³-hybridized carbons (Fsp3) is 0.321. The van der Waals surface area contributed by atoms with E-state index in [9.17, 15) is 9.59 Å². The number of rotatable bonds is 8. The summed E-state index contributed by atoms with van der Waals surface area (Å²) in [6.07, 6.45) is 1.71. The predicted octanol–water partition coefficient (Wildman–Crippen LogP) is 3.19. The second-order valence-corrected chi connectivity index (χ2v) is 9.08. The molecule has 4 rings (SSSR count). The topological polar surface area (TPSA) is 68.8 Å². The number of hydrogen-bond donors (Lipinski definition) is 1. The van der Waals surface area contributed by atoms with E-state index in [0.29, 0.717) is 18.9 Å². The zero-order valence-corrected chi connectivity index (χ0v) is 20.4. The maximum atomic E-state index is 12.9. The monoisotopic (exact) mass is 471 g/mol. The Balaban J connectivity index is 1.30. The van der Waals surface area contributed by atoms with Crippen molar-refractivity contribution in [2.24, 2.45) is 0 Å². The van der Waals surface area contributed by atoms with Crippen LogP contribution >= 0.6 is 0 Å². The van der Waals surface area contributed by atoms with E-state index in [0.717, 1.165) is 18.7 Å². The number of amides is 2. The van der Waals surface area contributed by atoms with Crippen LogP contribution in [0.15, 0.2) is 79.0 Å². The standard InChI is InChI=1S/C28H33N5O2/c1-22-13-14-25(29-19-22)30-26(34)20-31(2)21-27(35)32-15-17-33(18-16-32)28(23-9-5-3-6-10-23)24-11-7-4-8-12-24/h3-14,19,28H,15-18,20-21H2,1-2H3,(H,29,30,34). The molecule has 1 aromatic heterocycles. The van der Waals surface area contributed by atoms with Gasteiger partial charge < -0.3 is 10.2 Å². The molecule has 0 bridgehead atoms. The molecule has 2 amide bonds. The van der Waals surface area contributed by atoms with Crippen molar-refractivity contribution < 1.29 is 9.59 Å². The van der Waals surface area contributed by atoms with E-state index < -0.39 is 0 Å². The fourth-order valence-corrected chi connectivity index (χ4v) is 4.47. The molecule has 0 unspecified atom stereocenters.